The number of aliphatic hydroxyl groups is 1. The molecule has 6 heteroatoms. The summed E-state index contributed by atoms with van der Waals surface area (Å²) in [7, 11) is 3.12. The molecule has 5 nitrogen and oxygen atoms in total. The second-order valence-corrected chi connectivity index (χ2v) is 5.42. The zero-order chi connectivity index (χ0) is 17.1. The van der Waals surface area contributed by atoms with Crippen LogP contribution < -0.4 is 9.47 Å². The molecule has 0 saturated heterocycles. The molecule has 1 N–H and O–H groups in total. The van der Waals surface area contributed by atoms with Gasteiger partial charge in [0.2, 0.25) is 0 Å². The highest BCUT2D eigenvalue weighted by molar-refractivity contribution is 6.33. The van der Waals surface area contributed by atoms with Crippen LogP contribution in [0.15, 0.2) is 47.0 Å². The molecule has 1 aromatic heterocycles. The highest BCUT2D eigenvalue weighted by atomic mass is 35.5. The van der Waals surface area contributed by atoms with E-state index < -0.39 is 0 Å². The number of nitrogens with zero attached hydrogens (tertiary/aromatic N) is 1. The van der Waals surface area contributed by atoms with Gasteiger partial charge in [0.05, 0.1) is 37.0 Å². The molecular weight excluding hydrogens is 330 g/mol. The van der Waals surface area contributed by atoms with Crippen LogP contribution in [0.3, 0.4) is 0 Å². The van der Waals surface area contributed by atoms with Crippen LogP contribution in [0, 0.1) is 0 Å². The molecule has 0 aliphatic carbocycles. The average Bonchev–Trinajstić information content (AvgIpc) is 3.04. The molecule has 1 heterocycles. The number of aliphatic hydroxyl groups excluding tert-OH is 1. The van der Waals surface area contributed by atoms with Crippen LogP contribution in [0.25, 0.3) is 22.6 Å². The zero-order valence-electron chi connectivity index (χ0n) is 13.2. The minimum atomic E-state index is -0.263. The lowest BCUT2D eigenvalue weighted by Gasteiger charge is -2.11. The zero-order valence-corrected chi connectivity index (χ0v) is 14.0. The van der Waals surface area contributed by atoms with Gasteiger partial charge in [0, 0.05) is 5.56 Å². The van der Waals surface area contributed by atoms with E-state index in [9.17, 15) is 5.11 Å². The average molecular weight is 346 g/mol. The minimum absolute atomic E-state index is 0.263. The summed E-state index contributed by atoms with van der Waals surface area (Å²) < 4.78 is 16.3. The van der Waals surface area contributed by atoms with Crippen molar-refractivity contribution in [3.05, 3.63) is 53.1 Å². The second-order valence-electron chi connectivity index (χ2n) is 5.01. The maximum absolute atomic E-state index is 9.90. The first-order valence-electron chi connectivity index (χ1n) is 7.27. The molecule has 0 spiro atoms. The van der Waals surface area contributed by atoms with Crippen molar-refractivity contribution in [1.82, 2.24) is 5.16 Å². The normalized spacial score (nSPS) is 10.7. The summed E-state index contributed by atoms with van der Waals surface area (Å²) >= 11 is 6.24. The van der Waals surface area contributed by atoms with E-state index >= 15 is 0 Å². The minimum Gasteiger partial charge on any atom is -0.496 e. The molecule has 0 fully saturated rings. The van der Waals surface area contributed by atoms with Gasteiger partial charge in [-0.15, -0.1) is 0 Å². The van der Waals surface area contributed by atoms with Crippen LogP contribution in [0.5, 0.6) is 11.5 Å². The number of ether oxygens (including phenoxy) is 2. The Morgan fingerprint density at radius 2 is 1.71 bits per heavy atom. The monoisotopic (exact) mass is 345 g/mol. The molecule has 0 saturated carbocycles. The molecule has 3 aromatic rings. The molecule has 24 heavy (non-hydrogen) atoms. The van der Waals surface area contributed by atoms with Gasteiger partial charge >= 0.3 is 0 Å². The van der Waals surface area contributed by atoms with E-state index in [1.54, 1.807) is 32.4 Å². The Balaban J connectivity index is 2.24. The third-order valence-electron chi connectivity index (χ3n) is 3.73. The molecule has 0 aliphatic heterocycles. The van der Waals surface area contributed by atoms with Crippen LogP contribution in [0.2, 0.25) is 5.02 Å². The summed E-state index contributed by atoms with van der Waals surface area (Å²) in [6.07, 6.45) is 0. The van der Waals surface area contributed by atoms with Crippen molar-refractivity contribution in [2.75, 3.05) is 14.2 Å². The van der Waals surface area contributed by atoms with Crippen LogP contribution >= 0.6 is 11.6 Å². The molecule has 0 radical (unpaired) electrons. The van der Waals surface area contributed by atoms with Crippen molar-refractivity contribution in [3.8, 4) is 34.1 Å². The Labute approximate surface area is 144 Å². The Kier molecular flexibility index (Phi) is 4.74. The van der Waals surface area contributed by atoms with Gasteiger partial charge < -0.3 is 19.1 Å². The Morgan fingerprint density at radius 1 is 1.04 bits per heavy atom. The highest BCUT2D eigenvalue weighted by Crippen LogP contribution is 2.42. The molecule has 0 atom stereocenters. The summed E-state index contributed by atoms with van der Waals surface area (Å²) in [5.41, 5.74) is 2.26. The number of benzene rings is 2. The standard InChI is InChI=1S/C18H16ClNO4/c1-22-14-8-5-9-15(23-2)16(14)17-12(10-21)18(24-20-17)11-6-3-4-7-13(11)19/h3-9,21H,10H2,1-2H3. The van der Waals surface area contributed by atoms with E-state index in [1.807, 2.05) is 24.3 Å². The van der Waals surface area contributed by atoms with Gasteiger partial charge in [0.25, 0.3) is 0 Å². The SMILES string of the molecule is COc1cccc(OC)c1-c1noc(-c2ccccc2Cl)c1CO. The molecule has 0 unspecified atom stereocenters. The molecule has 0 bridgehead atoms. The highest BCUT2D eigenvalue weighted by Gasteiger charge is 2.24. The number of hydrogen-bond acceptors (Lipinski definition) is 5. The smallest absolute Gasteiger partial charge is 0.174 e. The van der Waals surface area contributed by atoms with Crippen LogP contribution in [-0.4, -0.2) is 24.5 Å². The maximum Gasteiger partial charge on any atom is 0.174 e. The summed E-state index contributed by atoms with van der Waals surface area (Å²) in [5.74, 6) is 1.57. The van der Waals surface area contributed by atoms with Crippen LogP contribution in [0.4, 0.5) is 0 Å². The van der Waals surface area contributed by atoms with Gasteiger partial charge in [0.1, 0.15) is 17.2 Å². The largest absolute Gasteiger partial charge is 0.496 e. The summed E-state index contributed by atoms with van der Waals surface area (Å²) in [4.78, 5) is 0. The topological polar surface area (TPSA) is 64.7 Å². The van der Waals surface area contributed by atoms with Crippen molar-refractivity contribution in [3.63, 3.8) is 0 Å². The third kappa shape index (κ3) is 2.72. The predicted molar refractivity (Wildman–Crippen MR) is 91.4 cm³/mol. The van der Waals surface area contributed by atoms with E-state index in [0.717, 1.165) is 0 Å². The molecule has 0 aliphatic rings. The van der Waals surface area contributed by atoms with Gasteiger partial charge in [-0.1, -0.05) is 35.0 Å². The van der Waals surface area contributed by atoms with Crippen molar-refractivity contribution in [2.24, 2.45) is 0 Å². The van der Waals surface area contributed by atoms with Gasteiger partial charge in [-0.2, -0.15) is 0 Å². The van der Waals surface area contributed by atoms with E-state index in [4.69, 9.17) is 25.6 Å². The lowest BCUT2D eigenvalue weighted by Crippen LogP contribution is -1.96. The number of aromatic nitrogens is 1. The van der Waals surface area contributed by atoms with E-state index in [2.05, 4.69) is 5.16 Å². The Hall–Kier alpha value is -2.50. The molecule has 2 aromatic carbocycles. The predicted octanol–water partition coefficient (Wildman–Crippen LogP) is 4.17. The van der Waals surface area contributed by atoms with Crippen molar-refractivity contribution in [2.45, 2.75) is 6.61 Å². The molecule has 0 amide bonds. The molecule has 3 rings (SSSR count). The molecular formula is C18H16ClNO4. The summed E-state index contributed by atoms with van der Waals surface area (Å²) in [6.45, 7) is -0.263. The fourth-order valence-corrected chi connectivity index (χ4v) is 2.82. The van der Waals surface area contributed by atoms with Gasteiger partial charge in [0.15, 0.2) is 5.76 Å². The third-order valence-corrected chi connectivity index (χ3v) is 4.06. The van der Waals surface area contributed by atoms with Crippen molar-refractivity contribution >= 4 is 11.6 Å². The van der Waals surface area contributed by atoms with Crippen molar-refractivity contribution in [1.29, 1.82) is 0 Å². The van der Waals surface area contributed by atoms with Crippen molar-refractivity contribution < 1.29 is 19.1 Å². The van der Waals surface area contributed by atoms with Gasteiger partial charge in [-0.3, -0.25) is 0 Å². The first-order valence-corrected chi connectivity index (χ1v) is 7.64. The summed E-state index contributed by atoms with van der Waals surface area (Å²) in [6, 6.07) is 12.6. The first kappa shape index (κ1) is 16.4. The van der Waals surface area contributed by atoms with Gasteiger partial charge in [-0.25, -0.2) is 0 Å². The number of hydrogen-bond donors (Lipinski definition) is 1. The summed E-state index contributed by atoms with van der Waals surface area (Å²) in [5, 5.41) is 14.6. The number of halogens is 1. The fourth-order valence-electron chi connectivity index (χ4n) is 2.59. The number of rotatable bonds is 5. The quantitative estimate of drug-likeness (QED) is 0.751. The maximum atomic E-state index is 9.90. The Morgan fingerprint density at radius 3 is 2.29 bits per heavy atom. The first-order chi connectivity index (χ1) is 11.7. The second kappa shape index (κ2) is 6.95. The van der Waals surface area contributed by atoms with E-state index in [-0.39, 0.29) is 6.61 Å². The van der Waals surface area contributed by atoms with Crippen LogP contribution in [-0.2, 0) is 6.61 Å². The number of methoxy groups -OCH3 is 2. The van der Waals surface area contributed by atoms with E-state index in [1.165, 1.54) is 0 Å². The fraction of sp³-hybridized carbons (Fsp3) is 0.167. The van der Waals surface area contributed by atoms with Crippen LogP contribution in [0.1, 0.15) is 5.56 Å². The van der Waals surface area contributed by atoms with Gasteiger partial charge in [-0.05, 0) is 24.3 Å². The Bertz CT molecular complexity index is 838. The lowest BCUT2D eigenvalue weighted by molar-refractivity contribution is 0.281. The molecule has 124 valence electrons. The lowest BCUT2D eigenvalue weighted by atomic mass is 10.0. The van der Waals surface area contributed by atoms with E-state index in [0.29, 0.717) is 44.7 Å².